The molecule has 0 spiro atoms. The highest BCUT2D eigenvalue weighted by molar-refractivity contribution is 5.90. The van der Waals surface area contributed by atoms with Crippen LogP contribution in [0.5, 0.6) is 0 Å². The van der Waals surface area contributed by atoms with Crippen molar-refractivity contribution >= 4 is 11.6 Å². The van der Waals surface area contributed by atoms with Gasteiger partial charge in [-0.25, -0.2) is 0 Å². The Bertz CT molecular complexity index is 667. The van der Waals surface area contributed by atoms with E-state index in [0.717, 1.165) is 38.6 Å². The second-order valence-electron chi connectivity index (χ2n) is 10.7. The largest absolute Gasteiger partial charge is 0.320 e. The highest BCUT2D eigenvalue weighted by Gasteiger charge is 2.62. The van der Waals surface area contributed by atoms with Gasteiger partial charge in [-0.05, 0) is 94.5 Å². The number of fused-ring (bicyclic) bond motifs is 5. The Morgan fingerprint density at radius 1 is 1.04 bits per heavy atom. The van der Waals surface area contributed by atoms with E-state index in [0.29, 0.717) is 41.2 Å². The summed E-state index contributed by atoms with van der Waals surface area (Å²) in [6.07, 6.45) is 14.3. The lowest BCUT2D eigenvalue weighted by Crippen LogP contribution is -2.56. The van der Waals surface area contributed by atoms with E-state index in [2.05, 4.69) is 25.2 Å². The van der Waals surface area contributed by atoms with Crippen molar-refractivity contribution in [2.24, 2.45) is 34.5 Å². The van der Waals surface area contributed by atoms with Crippen molar-refractivity contribution in [3.05, 3.63) is 11.6 Å². The Hall–Kier alpha value is -0.960. The highest BCUT2D eigenvalue weighted by atomic mass is 16.1. The Balaban J connectivity index is 1.47. The van der Waals surface area contributed by atoms with Gasteiger partial charge < -0.3 is 5.32 Å². The molecule has 3 nitrogen and oxygen atoms in total. The third-order valence-electron chi connectivity index (χ3n) is 9.39. The van der Waals surface area contributed by atoms with Crippen LogP contribution in [-0.2, 0) is 9.59 Å². The monoisotopic (exact) mass is 385 g/mol. The predicted octanol–water partition coefficient (Wildman–Crippen LogP) is 5.09. The lowest BCUT2D eigenvalue weighted by molar-refractivity contribution is -0.155. The first-order chi connectivity index (χ1) is 13.4. The maximum atomic E-state index is 13.3. The second kappa shape index (κ2) is 7.70. The number of rotatable bonds is 5. The Kier molecular flexibility index (Phi) is 5.59. The van der Waals surface area contributed by atoms with Crippen molar-refractivity contribution in [3.8, 4) is 0 Å². The molecule has 28 heavy (non-hydrogen) atoms. The molecule has 4 rings (SSSR count). The number of Topliss-reactive ketones (excluding diaryl/α,β-unsaturated/α-hetero) is 2. The van der Waals surface area contributed by atoms with Gasteiger partial charge in [0.25, 0.3) is 0 Å². The molecule has 0 amide bonds. The molecule has 4 aliphatic carbocycles. The summed E-state index contributed by atoms with van der Waals surface area (Å²) in [5, 5.41) is 3.22. The number of carbonyl (C=O) groups is 2. The molecular weight excluding hydrogens is 346 g/mol. The van der Waals surface area contributed by atoms with Gasteiger partial charge in [0.15, 0.2) is 0 Å². The van der Waals surface area contributed by atoms with Gasteiger partial charge >= 0.3 is 0 Å². The van der Waals surface area contributed by atoms with E-state index in [-0.39, 0.29) is 11.3 Å². The van der Waals surface area contributed by atoms with Crippen molar-refractivity contribution in [2.45, 2.75) is 84.5 Å². The van der Waals surface area contributed by atoms with Gasteiger partial charge in [0.2, 0.25) is 0 Å². The summed E-state index contributed by atoms with van der Waals surface area (Å²) < 4.78 is 0. The molecule has 0 aromatic heterocycles. The maximum absolute atomic E-state index is 13.3. The van der Waals surface area contributed by atoms with Crippen LogP contribution in [0.2, 0.25) is 0 Å². The zero-order valence-electron chi connectivity index (χ0n) is 18.2. The molecule has 0 aromatic carbocycles. The van der Waals surface area contributed by atoms with Crippen molar-refractivity contribution < 1.29 is 9.59 Å². The predicted molar refractivity (Wildman–Crippen MR) is 113 cm³/mol. The van der Waals surface area contributed by atoms with Gasteiger partial charge in [-0.1, -0.05) is 25.5 Å². The molecule has 0 radical (unpaired) electrons. The molecule has 0 heterocycles. The number of allylic oxidation sites excluding steroid dienone is 2. The van der Waals surface area contributed by atoms with E-state index in [1.54, 1.807) is 5.57 Å². The number of carbonyl (C=O) groups excluding carboxylic acids is 2. The van der Waals surface area contributed by atoms with Gasteiger partial charge in [0.1, 0.15) is 11.6 Å². The molecule has 1 N–H and O–H groups in total. The number of ketones is 2. The maximum Gasteiger partial charge on any atom is 0.139 e. The quantitative estimate of drug-likeness (QED) is 0.529. The molecule has 0 saturated heterocycles. The summed E-state index contributed by atoms with van der Waals surface area (Å²) in [5.41, 5.74) is 1.71. The normalized spacial score (nSPS) is 44.3. The summed E-state index contributed by atoms with van der Waals surface area (Å²) in [6, 6.07) is 0. The zero-order chi connectivity index (χ0) is 19.9. The Morgan fingerprint density at radius 3 is 2.64 bits per heavy atom. The van der Waals surface area contributed by atoms with Crippen LogP contribution in [0.1, 0.15) is 84.5 Å². The minimum atomic E-state index is -0.201. The summed E-state index contributed by atoms with van der Waals surface area (Å²) in [4.78, 5) is 25.9. The highest BCUT2D eigenvalue weighted by Crippen LogP contribution is 2.64. The van der Waals surface area contributed by atoms with Crippen LogP contribution in [0, 0.1) is 34.5 Å². The molecule has 6 atom stereocenters. The fourth-order valence-corrected chi connectivity index (χ4v) is 7.50. The van der Waals surface area contributed by atoms with Crippen molar-refractivity contribution in [2.75, 3.05) is 13.6 Å². The third-order valence-corrected chi connectivity index (χ3v) is 9.39. The van der Waals surface area contributed by atoms with E-state index < -0.39 is 0 Å². The molecule has 0 aliphatic heterocycles. The number of unbranched alkanes of at least 4 members (excludes halogenated alkanes) is 2. The molecule has 4 fully saturated rings. The van der Waals surface area contributed by atoms with Crippen LogP contribution in [0.25, 0.3) is 0 Å². The number of hydrogen-bond acceptors (Lipinski definition) is 3. The van der Waals surface area contributed by atoms with E-state index in [4.69, 9.17) is 0 Å². The standard InChI is InChI=1S/C25H39NO2/c1-24-12-10-17(7-5-4-6-14-26-3)15-18(24)16-21(27)23-19-8-9-22(28)25(19,2)13-11-20(23)24/h7,18-20,23,26H,4-6,8-16H2,1-3H3/b17-7+. The first-order valence-corrected chi connectivity index (χ1v) is 11.8. The molecular formula is C25H39NO2. The summed E-state index contributed by atoms with van der Waals surface area (Å²) >= 11 is 0. The van der Waals surface area contributed by atoms with Crippen LogP contribution in [0.4, 0.5) is 0 Å². The van der Waals surface area contributed by atoms with E-state index >= 15 is 0 Å². The summed E-state index contributed by atoms with van der Waals surface area (Å²) in [5.74, 6) is 2.46. The summed E-state index contributed by atoms with van der Waals surface area (Å²) in [6.45, 7) is 5.76. The average molecular weight is 386 g/mol. The first kappa shape index (κ1) is 20.3. The Morgan fingerprint density at radius 2 is 1.86 bits per heavy atom. The lowest BCUT2D eigenvalue weighted by Gasteiger charge is -2.58. The zero-order valence-corrected chi connectivity index (χ0v) is 18.2. The smallest absolute Gasteiger partial charge is 0.139 e. The molecule has 4 saturated carbocycles. The average Bonchev–Trinajstić information content (AvgIpc) is 2.97. The minimum absolute atomic E-state index is 0.165. The van der Waals surface area contributed by atoms with Gasteiger partial charge in [-0.2, -0.15) is 0 Å². The first-order valence-electron chi connectivity index (χ1n) is 11.8. The SMILES string of the molecule is CNCCCC/C=C1\CCC2(C)C(CC(=O)C3C4CCC(=O)C4(C)CCC32)C1. The molecule has 6 unspecified atom stereocenters. The number of hydrogen-bond donors (Lipinski definition) is 1. The van der Waals surface area contributed by atoms with Gasteiger partial charge in [-0.15, -0.1) is 0 Å². The molecule has 3 heteroatoms. The molecule has 4 aliphatic rings. The van der Waals surface area contributed by atoms with Crippen LogP contribution in [0.3, 0.4) is 0 Å². The van der Waals surface area contributed by atoms with Crippen molar-refractivity contribution in [1.82, 2.24) is 5.32 Å². The van der Waals surface area contributed by atoms with Crippen LogP contribution >= 0.6 is 0 Å². The summed E-state index contributed by atoms with van der Waals surface area (Å²) in [7, 11) is 2.02. The minimum Gasteiger partial charge on any atom is -0.320 e. The van der Waals surface area contributed by atoms with E-state index in [1.165, 1.54) is 32.1 Å². The van der Waals surface area contributed by atoms with Crippen LogP contribution < -0.4 is 5.32 Å². The third kappa shape index (κ3) is 3.22. The van der Waals surface area contributed by atoms with Crippen molar-refractivity contribution in [3.63, 3.8) is 0 Å². The molecule has 0 bridgehead atoms. The Labute approximate surface area is 171 Å². The van der Waals surface area contributed by atoms with Crippen molar-refractivity contribution in [1.29, 1.82) is 0 Å². The van der Waals surface area contributed by atoms with E-state index in [9.17, 15) is 9.59 Å². The van der Waals surface area contributed by atoms with Gasteiger partial charge in [0.05, 0.1) is 0 Å². The topological polar surface area (TPSA) is 46.2 Å². The fourth-order valence-electron chi connectivity index (χ4n) is 7.50. The van der Waals surface area contributed by atoms with E-state index in [1.807, 2.05) is 7.05 Å². The molecule has 156 valence electrons. The van der Waals surface area contributed by atoms with Gasteiger partial charge in [0, 0.05) is 24.2 Å². The second-order valence-corrected chi connectivity index (χ2v) is 10.7. The van der Waals surface area contributed by atoms with Gasteiger partial charge in [-0.3, -0.25) is 9.59 Å². The fraction of sp³-hybridized carbons (Fsp3) is 0.840. The van der Waals surface area contributed by atoms with Crippen LogP contribution in [-0.4, -0.2) is 25.2 Å². The lowest BCUT2D eigenvalue weighted by atomic mass is 9.44. The number of nitrogens with one attached hydrogen (secondary N) is 1. The molecule has 0 aromatic rings. The van der Waals surface area contributed by atoms with Crippen LogP contribution in [0.15, 0.2) is 11.6 Å².